The molecule has 2 rings (SSSR count). The molecule has 0 N–H and O–H groups in total. The van der Waals surface area contributed by atoms with Crippen molar-refractivity contribution in [3.8, 4) is 6.07 Å². The molecule has 140 valence electrons. The molecule has 0 radical (unpaired) electrons. The van der Waals surface area contributed by atoms with E-state index in [1.54, 1.807) is 24.3 Å². The Hall–Kier alpha value is -2.84. The molecule has 27 heavy (non-hydrogen) atoms. The number of ether oxygens (including phenoxy) is 1. The van der Waals surface area contributed by atoms with Crippen molar-refractivity contribution in [2.24, 2.45) is 0 Å². The Morgan fingerprint density at radius 3 is 2.63 bits per heavy atom. The molecule has 6 heteroatoms. The number of Topliss-reactive ketones (excluding diaryl/α,β-unsaturated/α-hetero) is 1. The zero-order valence-electron chi connectivity index (χ0n) is 15.6. The van der Waals surface area contributed by atoms with Crippen molar-refractivity contribution in [1.29, 1.82) is 5.26 Å². The van der Waals surface area contributed by atoms with E-state index >= 15 is 0 Å². The monoisotopic (exact) mass is 384 g/mol. The van der Waals surface area contributed by atoms with Crippen LogP contribution in [-0.2, 0) is 16.1 Å². The highest BCUT2D eigenvalue weighted by atomic mass is 35.5. The smallest absolute Gasteiger partial charge is 0.349 e. The minimum atomic E-state index is -0.835. The van der Waals surface area contributed by atoms with E-state index in [-0.39, 0.29) is 16.2 Å². The van der Waals surface area contributed by atoms with Crippen LogP contribution >= 0.6 is 11.6 Å². The predicted octanol–water partition coefficient (Wildman–Crippen LogP) is 4.50. The normalized spacial score (nSPS) is 11.1. The van der Waals surface area contributed by atoms with Gasteiger partial charge in [0.25, 0.3) is 0 Å². The highest BCUT2D eigenvalue weighted by Gasteiger charge is 2.17. The summed E-state index contributed by atoms with van der Waals surface area (Å²) in [6.45, 7) is 6.39. The first kappa shape index (κ1) is 20.5. The zero-order valence-corrected chi connectivity index (χ0v) is 16.3. The number of esters is 1. The van der Waals surface area contributed by atoms with Gasteiger partial charge in [0.15, 0.2) is 6.61 Å². The average molecular weight is 385 g/mol. The van der Waals surface area contributed by atoms with Gasteiger partial charge in [-0.3, -0.25) is 4.79 Å². The zero-order chi connectivity index (χ0) is 20.0. The molecule has 0 unspecified atom stereocenters. The Balaban J connectivity index is 2.14. The number of rotatable bonds is 7. The molecule has 0 saturated heterocycles. The molecule has 1 heterocycles. The molecular formula is C21H21ClN2O3. The average Bonchev–Trinajstić information content (AvgIpc) is 2.92. The third-order valence-corrected chi connectivity index (χ3v) is 4.54. The number of carbonyl (C=O) groups excluding carboxylic acids is 2. The molecule has 0 aliphatic carbocycles. The van der Waals surface area contributed by atoms with Crippen LogP contribution in [0.15, 0.2) is 35.9 Å². The van der Waals surface area contributed by atoms with Crippen LogP contribution in [-0.4, -0.2) is 22.9 Å². The maximum Gasteiger partial charge on any atom is 0.349 e. The van der Waals surface area contributed by atoms with Crippen LogP contribution in [0.25, 0.3) is 6.08 Å². The molecule has 0 saturated carbocycles. The van der Waals surface area contributed by atoms with Crippen molar-refractivity contribution in [2.75, 3.05) is 6.61 Å². The number of aryl methyl sites for hydroxylation is 1. The van der Waals surface area contributed by atoms with Crippen LogP contribution in [0.4, 0.5) is 0 Å². The Morgan fingerprint density at radius 1 is 1.30 bits per heavy atom. The van der Waals surface area contributed by atoms with Gasteiger partial charge in [-0.25, -0.2) is 4.79 Å². The summed E-state index contributed by atoms with van der Waals surface area (Å²) < 4.78 is 7.15. The fraction of sp³-hybridized carbons (Fsp3) is 0.286. The fourth-order valence-electron chi connectivity index (χ4n) is 2.81. The van der Waals surface area contributed by atoms with Crippen LogP contribution in [0.3, 0.4) is 0 Å². The minimum absolute atomic E-state index is 0.154. The number of hydrogen-bond donors (Lipinski definition) is 0. The van der Waals surface area contributed by atoms with E-state index in [4.69, 9.17) is 16.3 Å². The molecule has 0 spiro atoms. The Morgan fingerprint density at radius 2 is 2.00 bits per heavy atom. The first-order valence-corrected chi connectivity index (χ1v) is 9.00. The lowest BCUT2D eigenvalue weighted by molar-refractivity contribution is -0.137. The molecule has 0 fully saturated rings. The first-order chi connectivity index (χ1) is 12.9. The number of nitriles is 1. The van der Waals surface area contributed by atoms with Gasteiger partial charge in [0, 0.05) is 23.5 Å². The number of hydrogen-bond acceptors (Lipinski definition) is 4. The van der Waals surface area contributed by atoms with Gasteiger partial charge in [0.2, 0.25) is 5.78 Å². The molecule has 0 aliphatic heterocycles. The number of halogens is 1. The predicted molar refractivity (Wildman–Crippen MR) is 105 cm³/mol. The largest absolute Gasteiger partial charge is 0.453 e. The summed E-state index contributed by atoms with van der Waals surface area (Å²) in [5, 5.41) is 9.61. The number of ketones is 1. The van der Waals surface area contributed by atoms with Crippen LogP contribution in [0.1, 0.15) is 40.7 Å². The van der Waals surface area contributed by atoms with Crippen LogP contribution in [0.5, 0.6) is 0 Å². The summed E-state index contributed by atoms with van der Waals surface area (Å²) in [4.78, 5) is 24.4. The van der Waals surface area contributed by atoms with E-state index < -0.39 is 18.4 Å². The van der Waals surface area contributed by atoms with E-state index in [2.05, 4.69) is 11.5 Å². The third kappa shape index (κ3) is 4.87. The van der Waals surface area contributed by atoms with Gasteiger partial charge < -0.3 is 9.30 Å². The molecule has 1 aromatic heterocycles. The Labute approximate surface area is 163 Å². The van der Waals surface area contributed by atoms with Crippen molar-refractivity contribution in [1.82, 2.24) is 4.57 Å². The highest BCUT2D eigenvalue weighted by molar-refractivity contribution is 6.34. The number of nitrogens with zero attached hydrogens (tertiary/aromatic N) is 2. The number of aromatic nitrogens is 1. The maximum atomic E-state index is 12.2. The standard InChI is InChI=1S/C21H21ClN2O3/c1-4-9-24-14(2)10-16(15(24)3)11-17(12-23)21(26)27-13-20(25)18-7-5-6-8-19(18)22/h5-8,10-11H,4,9,13H2,1-3H3/b17-11+. The van der Waals surface area contributed by atoms with Crippen molar-refractivity contribution >= 4 is 29.4 Å². The van der Waals surface area contributed by atoms with Crippen LogP contribution < -0.4 is 0 Å². The summed E-state index contributed by atoms with van der Waals surface area (Å²) in [6, 6.07) is 10.3. The minimum Gasteiger partial charge on any atom is -0.453 e. The SMILES string of the molecule is CCCn1c(C)cc(/C=C(\C#N)C(=O)OCC(=O)c2ccccc2Cl)c1C. The molecule has 0 atom stereocenters. The van der Waals surface area contributed by atoms with Gasteiger partial charge in [-0.05, 0) is 50.1 Å². The second kappa shape index (κ2) is 9.20. The molecule has 0 amide bonds. The topological polar surface area (TPSA) is 72.1 Å². The van der Waals surface area contributed by atoms with Gasteiger partial charge in [0.05, 0.1) is 5.02 Å². The molecule has 1 aromatic carbocycles. The van der Waals surface area contributed by atoms with Crippen LogP contribution in [0, 0.1) is 25.2 Å². The van der Waals surface area contributed by atoms with Crippen LogP contribution in [0.2, 0.25) is 5.02 Å². The molecule has 0 aliphatic rings. The highest BCUT2D eigenvalue weighted by Crippen LogP contribution is 2.19. The van der Waals surface area contributed by atoms with Gasteiger partial charge in [-0.15, -0.1) is 0 Å². The lowest BCUT2D eigenvalue weighted by Gasteiger charge is -2.07. The van der Waals surface area contributed by atoms with Gasteiger partial charge in [0.1, 0.15) is 11.6 Å². The van der Waals surface area contributed by atoms with E-state index in [0.717, 1.165) is 29.9 Å². The van der Waals surface area contributed by atoms with Gasteiger partial charge >= 0.3 is 5.97 Å². The molecular weight excluding hydrogens is 364 g/mol. The van der Waals surface area contributed by atoms with E-state index in [1.165, 1.54) is 6.08 Å². The Kier molecular flexibility index (Phi) is 6.98. The number of benzene rings is 1. The lowest BCUT2D eigenvalue weighted by atomic mass is 10.1. The van der Waals surface area contributed by atoms with Crippen molar-refractivity contribution < 1.29 is 14.3 Å². The summed E-state index contributed by atoms with van der Waals surface area (Å²) >= 11 is 5.96. The van der Waals surface area contributed by atoms with E-state index in [0.29, 0.717) is 0 Å². The second-order valence-corrected chi connectivity index (χ2v) is 6.53. The van der Waals surface area contributed by atoms with E-state index in [1.807, 2.05) is 26.0 Å². The van der Waals surface area contributed by atoms with Crippen molar-refractivity contribution in [3.05, 3.63) is 63.4 Å². The lowest BCUT2D eigenvalue weighted by Crippen LogP contribution is -2.15. The van der Waals surface area contributed by atoms with E-state index in [9.17, 15) is 14.9 Å². The molecule has 0 bridgehead atoms. The third-order valence-electron chi connectivity index (χ3n) is 4.21. The summed E-state index contributed by atoms with van der Waals surface area (Å²) in [5.41, 5.74) is 2.94. The molecule has 2 aromatic rings. The Bertz CT molecular complexity index is 935. The fourth-order valence-corrected chi connectivity index (χ4v) is 3.05. The quantitative estimate of drug-likeness (QED) is 0.305. The summed E-state index contributed by atoms with van der Waals surface area (Å²) in [6.07, 6.45) is 2.48. The summed E-state index contributed by atoms with van der Waals surface area (Å²) in [7, 11) is 0. The van der Waals surface area contributed by atoms with Crippen molar-refractivity contribution in [3.63, 3.8) is 0 Å². The molecule has 5 nitrogen and oxygen atoms in total. The maximum absolute atomic E-state index is 12.2. The second-order valence-electron chi connectivity index (χ2n) is 6.13. The van der Waals surface area contributed by atoms with Gasteiger partial charge in [-0.2, -0.15) is 5.26 Å². The van der Waals surface area contributed by atoms with Gasteiger partial charge in [-0.1, -0.05) is 30.7 Å². The first-order valence-electron chi connectivity index (χ1n) is 8.62. The number of carbonyl (C=O) groups is 2. The summed E-state index contributed by atoms with van der Waals surface area (Å²) in [5.74, 6) is -1.26. The van der Waals surface area contributed by atoms with Crippen molar-refractivity contribution in [2.45, 2.75) is 33.7 Å².